The predicted molar refractivity (Wildman–Crippen MR) is 96.4 cm³/mol. The zero-order valence-corrected chi connectivity index (χ0v) is 14.4. The first kappa shape index (κ1) is 15.9. The van der Waals surface area contributed by atoms with Gasteiger partial charge in [0.15, 0.2) is 0 Å². The highest BCUT2D eigenvalue weighted by molar-refractivity contribution is 5.49. The van der Waals surface area contributed by atoms with Gasteiger partial charge in [-0.2, -0.15) is 0 Å². The zero-order valence-electron chi connectivity index (χ0n) is 14.4. The normalized spacial score (nSPS) is 15.7. The maximum atomic E-state index is 5.23. The summed E-state index contributed by atoms with van der Waals surface area (Å²) in [5, 5.41) is 0. The van der Waals surface area contributed by atoms with Gasteiger partial charge in [-0.3, -0.25) is 4.90 Å². The summed E-state index contributed by atoms with van der Waals surface area (Å²) in [6.07, 6.45) is 0. The maximum absolute atomic E-state index is 5.23. The first-order valence-electron chi connectivity index (χ1n) is 8.33. The van der Waals surface area contributed by atoms with Crippen LogP contribution in [0, 0.1) is 13.8 Å². The second-order valence-electron chi connectivity index (χ2n) is 6.39. The van der Waals surface area contributed by atoms with E-state index in [-0.39, 0.29) is 0 Å². The SMILES string of the molecule is COc1ccc(N2CCN(Cc3cc(C)ccc3C)CC2)cc1. The predicted octanol–water partition coefficient (Wildman–Crippen LogP) is 3.63. The second kappa shape index (κ2) is 7.05. The number of benzene rings is 2. The van der Waals surface area contributed by atoms with Crippen LogP contribution >= 0.6 is 0 Å². The van der Waals surface area contributed by atoms with Gasteiger partial charge in [0.2, 0.25) is 0 Å². The third-order valence-corrected chi connectivity index (χ3v) is 4.71. The van der Waals surface area contributed by atoms with E-state index in [9.17, 15) is 0 Å². The molecule has 0 amide bonds. The first-order valence-corrected chi connectivity index (χ1v) is 8.33. The van der Waals surface area contributed by atoms with E-state index >= 15 is 0 Å². The molecule has 23 heavy (non-hydrogen) atoms. The molecule has 0 atom stereocenters. The molecule has 3 rings (SSSR count). The van der Waals surface area contributed by atoms with Crippen LogP contribution in [0.15, 0.2) is 42.5 Å². The van der Waals surface area contributed by atoms with Crippen molar-refractivity contribution < 1.29 is 4.74 Å². The van der Waals surface area contributed by atoms with Crippen LogP contribution in [0.5, 0.6) is 5.75 Å². The molecule has 0 saturated carbocycles. The summed E-state index contributed by atoms with van der Waals surface area (Å²) < 4.78 is 5.23. The highest BCUT2D eigenvalue weighted by Gasteiger charge is 2.17. The minimum Gasteiger partial charge on any atom is -0.497 e. The van der Waals surface area contributed by atoms with Gasteiger partial charge in [-0.1, -0.05) is 23.8 Å². The molecule has 1 saturated heterocycles. The van der Waals surface area contributed by atoms with Gasteiger partial charge in [0.05, 0.1) is 7.11 Å². The van der Waals surface area contributed by atoms with Crippen molar-refractivity contribution in [1.82, 2.24) is 4.90 Å². The number of hydrogen-bond acceptors (Lipinski definition) is 3. The quantitative estimate of drug-likeness (QED) is 0.857. The summed E-state index contributed by atoms with van der Waals surface area (Å²) in [6, 6.07) is 15.1. The van der Waals surface area contributed by atoms with Crippen molar-refractivity contribution in [1.29, 1.82) is 0 Å². The number of rotatable bonds is 4. The number of anilines is 1. The van der Waals surface area contributed by atoms with E-state index < -0.39 is 0 Å². The molecular weight excluding hydrogens is 284 g/mol. The van der Waals surface area contributed by atoms with Crippen LogP contribution in [0.2, 0.25) is 0 Å². The molecule has 0 aromatic heterocycles. The molecule has 0 aliphatic carbocycles. The summed E-state index contributed by atoms with van der Waals surface area (Å²) in [5.41, 5.74) is 5.50. The van der Waals surface area contributed by atoms with Crippen molar-refractivity contribution >= 4 is 5.69 Å². The molecule has 0 spiro atoms. The van der Waals surface area contributed by atoms with Crippen molar-refractivity contribution in [2.24, 2.45) is 0 Å². The van der Waals surface area contributed by atoms with Crippen LogP contribution in [0.3, 0.4) is 0 Å². The first-order chi connectivity index (χ1) is 11.2. The number of aryl methyl sites for hydroxylation is 2. The van der Waals surface area contributed by atoms with Gasteiger partial charge in [-0.25, -0.2) is 0 Å². The van der Waals surface area contributed by atoms with Crippen molar-refractivity contribution in [3.05, 3.63) is 59.2 Å². The molecule has 2 aromatic rings. The lowest BCUT2D eigenvalue weighted by atomic mass is 10.0. The minimum atomic E-state index is 0.919. The maximum Gasteiger partial charge on any atom is 0.119 e. The molecule has 2 aromatic carbocycles. The van der Waals surface area contributed by atoms with Gasteiger partial charge in [-0.05, 0) is 49.2 Å². The monoisotopic (exact) mass is 310 g/mol. The molecule has 1 fully saturated rings. The van der Waals surface area contributed by atoms with Gasteiger partial charge in [0.25, 0.3) is 0 Å². The Balaban J connectivity index is 1.58. The number of ether oxygens (including phenoxy) is 1. The van der Waals surface area contributed by atoms with Gasteiger partial charge in [0, 0.05) is 38.4 Å². The summed E-state index contributed by atoms with van der Waals surface area (Å²) >= 11 is 0. The molecule has 0 N–H and O–H groups in total. The van der Waals surface area contributed by atoms with E-state index in [1.807, 2.05) is 12.1 Å². The van der Waals surface area contributed by atoms with Gasteiger partial charge in [-0.15, -0.1) is 0 Å². The average molecular weight is 310 g/mol. The van der Waals surface area contributed by atoms with Crippen LogP contribution in [-0.4, -0.2) is 38.2 Å². The Morgan fingerprint density at radius 2 is 1.61 bits per heavy atom. The van der Waals surface area contributed by atoms with Crippen LogP contribution in [0.1, 0.15) is 16.7 Å². The largest absolute Gasteiger partial charge is 0.497 e. The molecule has 3 nitrogen and oxygen atoms in total. The lowest BCUT2D eigenvalue weighted by molar-refractivity contribution is 0.249. The van der Waals surface area contributed by atoms with Crippen molar-refractivity contribution in [3.63, 3.8) is 0 Å². The molecular formula is C20H26N2O. The Morgan fingerprint density at radius 1 is 0.913 bits per heavy atom. The van der Waals surface area contributed by atoms with Gasteiger partial charge < -0.3 is 9.64 Å². The highest BCUT2D eigenvalue weighted by Crippen LogP contribution is 2.21. The number of nitrogens with zero attached hydrogens (tertiary/aromatic N) is 2. The van der Waals surface area contributed by atoms with Crippen molar-refractivity contribution in [2.75, 3.05) is 38.2 Å². The van der Waals surface area contributed by atoms with Gasteiger partial charge >= 0.3 is 0 Å². The number of piperazine rings is 1. The van der Waals surface area contributed by atoms with Crippen molar-refractivity contribution in [3.8, 4) is 5.75 Å². The Kier molecular flexibility index (Phi) is 4.87. The fourth-order valence-electron chi connectivity index (χ4n) is 3.17. The Bertz CT molecular complexity index is 643. The summed E-state index contributed by atoms with van der Waals surface area (Å²) in [5.74, 6) is 0.919. The molecule has 3 heteroatoms. The average Bonchev–Trinajstić information content (AvgIpc) is 2.59. The van der Waals surface area contributed by atoms with Crippen LogP contribution in [-0.2, 0) is 6.54 Å². The smallest absolute Gasteiger partial charge is 0.119 e. The number of hydrogen-bond donors (Lipinski definition) is 0. The third-order valence-electron chi connectivity index (χ3n) is 4.71. The van der Waals surface area contributed by atoms with E-state index in [1.54, 1.807) is 7.11 Å². The van der Waals surface area contributed by atoms with Gasteiger partial charge in [0.1, 0.15) is 5.75 Å². The summed E-state index contributed by atoms with van der Waals surface area (Å²) in [7, 11) is 1.71. The second-order valence-corrected chi connectivity index (χ2v) is 6.39. The molecule has 0 bridgehead atoms. The lowest BCUT2D eigenvalue weighted by Crippen LogP contribution is -2.46. The lowest BCUT2D eigenvalue weighted by Gasteiger charge is -2.36. The molecule has 1 aliphatic heterocycles. The standard InChI is InChI=1S/C20H26N2O/c1-16-4-5-17(2)18(14-16)15-21-10-12-22(13-11-21)19-6-8-20(23-3)9-7-19/h4-9,14H,10-13,15H2,1-3H3. The molecule has 0 radical (unpaired) electrons. The minimum absolute atomic E-state index is 0.919. The molecule has 122 valence electrons. The fraction of sp³-hybridized carbons (Fsp3) is 0.400. The summed E-state index contributed by atoms with van der Waals surface area (Å²) in [6.45, 7) is 9.82. The number of methoxy groups -OCH3 is 1. The Hall–Kier alpha value is -2.00. The van der Waals surface area contributed by atoms with Crippen LogP contribution < -0.4 is 9.64 Å². The van der Waals surface area contributed by atoms with E-state index in [1.165, 1.54) is 22.4 Å². The van der Waals surface area contributed by atoms with Crippen LogP contribution in [0.4, 0.5) is 5.69 Å². The molecule has 0 unspecified atom stereocenters. The zero-order chi connectivity index (χ0) is 16.2. The Morgan fingerprint density at radius 3 is 2.26 bits per heavy atom. The third kappa shape index (κ3) is 3.85. The fourth-order valence-corrected chi connectivity index (χ4v) is 3.17. The van der Waals surface area contributed by atoms with E-state index in [4.69, 9.17) is 4.74 Å². The van der Waals surface area contributed by atoms with Crippen LogP contribution in [0.25, 0.3) is 0 Å². The highest BCUT2D eigenvalue weighted by atomic mass is 16.5. The van der Waals surface area contributed by atoms with E-state index in [0.29, 0.717) is 0 Å². The van der Waals surface area contributed by atoms with E-state index in [0.717, 1.165) is 38.5 Å². The van der Waals surface area contributed by atoms with E-state index in [2.05, 4.69) is 54.0 Å². The Labute approximate surface area is 139 Å². The topological polar surface area (TPSA) is 15.7 Å². The molecule has 1 heterocycles. The van der Waals surface area contributed by atoms with Crippen molar-refractivity contribution in [2.45, 2.75) is 20.4 Å². The summed E-state index contributed by atoms with van der Waals surface area (Å²) in [4.78, 5) is 5.01. The molecule has 1 aliphatic rings.